The molecule has 0 aromatic heterocycles. The van der Waals surface area contributed by atoms with Crippen LogP contribution in [0.25, 0.3) is 0 Å². The van der Waals surface area contributed by atoms with E-state index < -0.39 is 0 Å². The summed E-state index contributed by atoms with van der Waals surface area (Å²) in [6.45, 7) is 6.84. The van der Waals surface area contributed by atoms with Gasteiger partial charge in [0, 0.05) is 12.5 Å². The number of hydrogen-bond acceptors (Lipinski definition) is 2. The van der Waals surface area contributed by atoms with Crippen LogP contribution in [-0.2, 0) is 4.74 Å². The molecule has 0 aromatic carbocycles. The van der Waals surface area contributed by atoms with Gasteiger partial charge in [-0.1, -0.05) is 12.2 Å². The van der Waals surface area contributed by atoms with Crippen molar-refractivity contribution in [1.82, 2.24) is 5.32 Å². The van der Waals surface area contributed by atoms with Crippen molar-refractivity contribution >= 4 is 6.09 Å². The molecule has 0 bridgehead atoms. The molecule has 3 nitrogen and oxygen atoms in total. The van der Waals surface area contributed by atoms with Crippen LogP contribution < -0.4 is 5.32 Å². The molecule has 0 aromatic rings. The van der Waals surface area contributed by atoms with Crippen LogP contribution in [0.4, 0.5) is 4.79 Å². The first-order valence-electron chi connectivity index (χ1n) is 3.26. The summed E-state index contributed by atoms with van der Waals surface area (Å²) in [5, 5.41) is 2.59. The third kappa shape index (κ3) is 1.50. The number of cyclic esters (lactones) is 1. The average Bonchev–Trinajstić information content (AvgIpc) is 1.88. The molecule has 1 N–H and O–H groups in total. The smallest absolute Gasteiger partial charge is 0.407 e. The van der Waals surface area contributed by atoms with E-state index >= 15 is 0 Å². The van der Waals surface area contributed by atoms with Gasteiger partial charge in [-0.2, -0.15) is 0 Å². The maximum absolute atomic E-state index is 10.5. The van der Waals surface area contributed by atoms with Crippen LogP contribution in [0.15, 0.2) is 12.2 Å². The van der Waals surface area contributed by atoms with Crippen molar-refractivity contribution in [3.05, 3.63) is 12.2 Å². The van der Waals surface area contributed by atoms with Crippen LogP contribution in [0.1, 0.15) is 6.92 Å². The second-order valence-electron chi connectivity index (χ2n) is 2.52. The summed E-state index contributed by atoms with van der Waals surface area (Å²) in [5.74, 6) is 0.290. The van der Waals surface area contributed by atoms with E-state index in [2.05, 4.69) is 11.9 Å². The summed E-state index contributed by atoms with van der Waals surface area (Å²) in [7, 11) is 0. The Morgan fingerprint density at radius 3 is 3.00 bits per heavy atom. The number of hydrogen-bond donors (Lipinski definition) is 1. The molecule has 1 aliphatic heterocycles. The fourth-order valence-electron chi connectivity index (χ4n) is 0.809. The highest BCUT2D eigenvalue weighted by molar-refractivity contribution is 5.67. The van der Waals surface area contributed by atoms with Crippen molar-refractivity contribution in [2.45, 2.75) is 6.92 Å². The molecule has 1 atom stereocenters. The SMILES string of the molecule is C=C(C)[C@@H]1CNC(=O)OC1. The minimum absolute atomic E-state index is 0.290. The molecular weight excluding hydrogens is 130 g/mol. The first kappa shape index (κ1) is 7.12. The summed E-state index contributed by atoms with van der Waals surface area (Å²) in [6.07, 6.45) is -0.322. The van der Waals surface area contributed by atoms with E-state index in [0.29, 0.717) is 13.2 Å². The lowest BCUT2D eigenvalue weighted by atomic mass is 10.0. The fraction of sp³-hybridized carbons (Fsp3) is 0.571. The van der Waals surface area contributed by atoms with Gasteiger partial charge in [-0.05, 0) is 6.92 Å². The van der Waals surface area contributed by atoms with Crippen LogP contribution in [0.2, 0.25) is 0 Å². The van der Waals surface area contributed by atoms with Crippen molar-refractivity contribution in [1.29, 1.82) is 0 Å². The van der Waals surface area contributed by atoms with E-state index in [9.17, 15) is 4.79 Å². The van der Waals surface area contributed by atoms with Gasteiger partial charge >= 0.3 is 6.09 Å². The Hall–Kier alpha value is -0.990. The van der Waals surface area contributed by atoms with Gasteiger partial charge in [-0.3, -0.25) is 0 Å². The van der Waals surface area contributed by atoms with E-state index in [0.717, 1.165) is 5.57 Å². The highest BCUT2D eigenvalue weighted by Gasteiger charge is 2.18. The second kappa shape index (κ2) is 2.73. The molecule has 1 saturated heterocycles. The fourth-order valence-corrected chi connectivity index (χ4v) is 0.809. The van der Waals surface area contributed by atoms with Gasteiger partial charge in [-0.15, -0.1) is 0 Å². The number of alkyl carbamates (subject to hydrolysis) is 1. The monoisotopic (exact) mass is 141 g/mol. The third-order valence-corrected chi connectivity index (χ3v) is 1.61. The van der Waals surface area contributed by atoms with E-state index in [4.69, 9.17) is 4.74 Å². The largest absolute Gasteiger partial charge is 0.449 e. The van der Waals surface area contributed by atoms with Gasteiger partial charge in [0.1, 0.15) is 6.61 Å². The Morgan fingerprint density at radius 2 is 2.60 bits per heavy atom. The number of rotatable bonds is 1. The summed E-state index contributed by atoms with van der Waals surface area (Å²) >= 11 is 0. The highest BCUT2D eigenvalue weighted by atomic mass is 16.6. The molecule has 0 spiro atoms. The van der Waals surface area contributed by atoms with E-state index in [-0.39, 0.29) is 12.0 Å². The lowest BCUT2D eigenvalue weighted by Crippen LogP contribution is -2.39. The van der Waals surface area contributed by atoms with Gasteiger partial charge < -0.3 is 10.1 Å². The van der Waals surface area contributed by atoms with E-state index in [1.54, 1.807) is 0 Å². The number of amides is 1. The summed E-state index contributed by atoms with van der Waals surface area (Å²) in [6, 6.07) is 0. The lowest BCUT2D eigenvalue weighted by molar-refractivity contribution is 0.112. The molecular formula is C7H11NO2. The van der Waals surface area contributed by atoms with Crippen molar-refractivity contribution in [2.75, 3.05) is 13.2 Å². The Labute approximate surface area is 60.1 Å². The molecule has 1 amide bonds. The molecule has 3 heteroatoms. The molecule has 0 radical (unpaired) electrons. The molecule has 0 aliphatic carbocycles. The predicted molar refractivity (Wildman–Crippen MR) is 37.7 cm³/mol. The number of ether oxygens (including phenoxy) is 1. The van der Waals surface area contributed by atoms with Crippen LogP contribution in [0.5, 0.6) is 0 Å². The molecule has 10 heavy (non-hydrogen) atoms. The van der Waals surface area contributed by atoms with Gasteiger partial charge in [0.2, 0.25) is 0 Å². The average molecular weight is 141 g/mol. The number of nitrogens with one attached hydrogen (secondary N) is 1. The second-order valence-corrected chi connectivity index (χ2v) is 2.52. The highest BCUT2D eigenvalue weighted by Crippen LogP contribution is 2.10. The van der Waals surface area contributed by atoms with Crippen LogP contribution >= 0.6 is 0 Å². The van der Waals surface area contributed by atoms with Crippen molar-refractivity contribution in [2.24, 2.45) is 5.92 Å². The molecule has 56 valence electrons. The molecule has 1 fully saturated rings. The zero-order valence-corrected chi connectivity index (χ0v) is 6.02. The summed E-state index contributed by atoms with van der Waals surface area (Å²) < 4.78 is 4.74. The molecule has 1 heterocycles. The Balaban J connectivity index is 2.40. The quantitative estimate of drug-likeness (QED) is 0.551. The van der Waals surface area contributed by atoms with E-state index in [1.165, 1.54) is 0 Å². The minimum atomic E-state index is -0.322. The van der Waals surface area contributed by atoms with Crippen molar-refractivity contribution < 1.29 is 9.53 Å². The first-order chi connectivity index (χ1) is 4.70. The minimum Gasteiger partial charge on any atom is -0.449 e. The standard InChI is InChI=1S/C7H11NO2/c1-5(2)6-3-8-7(9)10-4-6/h6H,1,3-4H2,2H3,(H,8,9)/t6-/m1/s1. The van der Waals surface area contributed by atoms with Crippen molar-refractivity contribution in [3.8, 4) is 0 Å². The molecule has 1 aliphatic rings. The molecule has 0 saturated carbocycles. The van der Waals surface area contributed by atoms with E-state index in [1.807, 2.05) is 6.92 Å². The maximum Gasteiger partial charge on any atom is 0.407 e. The van der Waals surface area contributed by atoms with Crippen LogP contribution in [0, 0.1) is 5.92 Å². The number of carbonyl (C=O) groups excluding carboxylic acids is 1. The van der Waals surface area contributed by atoms with Crippen LogP contribution in [0.3, 0.4) is 0 Å². The topological polar surface area (TPSA) is 38.3 Å². The zero-order valence-electron chi connectivity index (χ0n) is 6.02. The Kier molecular flexibility index (Phi) is 1.94. The van der Waals surface area contributed by atoms with Gasteiger partial charge in [-0.25, -0.2) is 4.79 Å². The summed E-state index contributed by atoms with van der Waals surface area (Å²) in [5.41, 5.74) is 1.06. The normalized spacial score (nSPS) is 24.9. The lowest BCUT2D eigenvalue weighted by Gasteiger charge is -2.22. The number of carbonyl (C=O) groups is 1. The Bertz CT molecular complexity index is 155. The third-order valence-electron chi connectivity index (χ3n) is 1.61. The Morgan fingerprint density at radius 1 is 1.90 bits per heavy atom. The molecule has 1 rings (SSSR count). The van der Waals surface area contributed by atoms with Gasteiger partial charge in [0.05, 0.1) is 0 Å². The molecule has 0 unspecified atom stereocenters. The zero-order chi connectivity index (χ0) is 7.56. The maximum atomic E-state index is 10.5. The van der Waals surface area contributed by atoms with Crippen molar-refractivity contribution in [3.63, 3.8) is 0 Å². The first-order valence-corrected chi connectivity index (χ1v) is 3.26. The van der Waals surface area contributed by atoms with Gasteiger partial charge in [0.15, 0.2) is 0 Å². The van der Waals surface area contributed by atoms with Gasteiger partial charge in [0.25, 0.3) is 0 Å². The van der Waals surface area contributed by atoms with Crippen LogP contribution in [-0.4, -0.2) is 19.2 Å². The predicted octanol–water partition coefficient (Wildman–Crippen LogP) is 0.919. The summed E-state index contributed by atoms with van der Waals surface area (Å²) in [4.78, 5) is 10.5.